The van der Waals surface area contributed by atoms with E-state index in [9.17, 15) is 18.0 Å². The highest BCUT2D eigenvalue weighted by Crippen LogP contribution is 2.29. The number of carbonyl (C=O) groups excluding carboxylic acids is 1. The zero-order valence-corrected chi connectivity index (χ0v) is 15.9. The molecule has 9 heteroatoms. The van der Waals surface area contributed by atoms with Crippen LogP contribution < -0.4 is 10.1 Å². The number of hydrogen-bond acceptors (Lipinski definition) is 4. The normalized spacial score (nSPS) is 11.2. The van der Waals surface area contributed by atoms with Crippen molar-refractivity contribution in [2.75, 3.05) is 7.11 Å². The van der Waals surface area contributed by atoms with Gasteiger partial charge in [-0.05, 0) is 35.9 Å². The van der Waals surface area contributed by atoms with E-state index < -0.39 is 17.6 Å². The predicted octanol–water partition coefficient (Wildman–Crippen LogP) is 4.75. The molecule has 3 aromatic rings. The fourth-order valence-corrected chi connectivity index (χ4v) is 2.80. The number of carbonyl (C=O) groups is 1. The van der Waals surface area contributed by atoms with Crippen LogP contribution in [0.4, 0.5) is 13.2 Å². The molecule has 3 rings (SSSR count). The van der Waals surface area contributed by atoms with Crippen molar-refractivity contribution in [2.24, 2.45) is 0 Å². The average Bonchev–Trinajstić information content (AvgIpc) is 2.71. The van der Waals surface area contributed by atoms with E-state index in [-0.39, 0.29) is 17.1 Å². The van der Waals surface area contributed by atoms with E-state index in [2.05, 4.69) is 15.5 Å². The molecule has 0 radical (unpaired) electrons. The Morgan fingerprint density at radius 1 is 1.07 bits per heavy atom. The van der Waals surface area contributed by atoms with Gasteiger partial charge in [0.1, 0.15) is 0 Å². The molecule has 0 aliphatic heterocycles. The minimum Gasteiger partial charge on any atom is -0.480 e. The van der Waals surface area contributed by atoms with E-state index in [1.165, 1.54) is 19.2 Å². The van der Waals surface area contributed by atoms with Crippen LogP contribution in [0.3, 0.4) is 0 Å². The topological polar surface area (TPSA) is 64.1 Å². The highest BCUT2D eigenvalue weighted by Gasteiger charge is 2.29. The zero-order valence-electron chi connectivity index (χ0n) is 15.1. The summed E-state index contributed by atoms with van der Waals surface area (Å²) in [6.45, 7) is 0.0685. The predicted molar refractivity (Wildman–Crippen MR) is 102 cm³/mol. The van der Waals surface area contributed by atoms with E-state index in [1.54, 1.807) is 30.3 Å². The van der Waals surface area contributed by atoms with Crippen LogP contribution in [-0.4, -0.2) is 23.2 Å². The van der Waals surface area contributed by atoms with Crippen molar-refractivity contribution in [1.29, 1.82) is 0 Å². The number of halogens is 4. The Balaban J connectivity index is 1.67. The van der Waals surface area contributed by atoms with Crippen LogP contribution in [0.2, 0.25) is 5.02 Å². The quantitative estimate of drug-likeness (QED) is 0.645. The van der Waals surface area contributed by atoms with Crippen molar-refractivity contribution in [2.45, 2.75) is 12.7 Å². The van der Waals surface area contributed by atoms with Crippen molar-refractivity contribution < 1.29 is 22.7 Å². The van der Waals surface area contributed by atoms with Gasteiger partial charge in [-0.15, -0.1) is 10.2 Å². The Labute approximate surface area is 169 Å². The first-order valence-electron chi connectivity index (χ1n) is 8.40. The highest BCUT2D eigenvalue weighted by atomic mass is 35.5. The summed E-state index contributed by atoms with van der Waals surface area (Å²) < 4.78 is 42.7. The average molecular weight is 422 g/mol. The highest BCUT2D eigenvalue weighted by molar-refractivity contribution is 6.34. The lowest BCUT2D eigenvalue weighted by atomic mass is 10.1. The van der Waals surface area contributed by atoms with Crippen LogP contribution in [0, 0.1) is 0 Å². The van der Waals surface area contributed by atoms with Crippen molar-refractivity contribution >= 4 is 17.5 Å². The zero-order chi connectivity index (χ0) is 21.0. The molecule has 0 saturated carbocycles. The molecule has 29 heavy (non-hydrogen) atoms. The summed E-state index contributed by atoms with van der Waals surface area (Å²) in [4.78, 5) is 12.4. The molecule has 0 aliphatic rings. The summed E-state index contributed by atoms with van der Waals surface area (Å²) in [6.07, 6.45) is -4.40. The molecule has 150 valence electrons. The third-order valence-corrected chi connectivity index (χ3v) is 4.41. The van der Waals surface area contributed by atoms with Gasteiger partial charge in [0.2, 0.25) is 5.88 Å². The summed E-state index contributed by atoms with van der Waals surface area (Å²) in [5.41, 5.74) is 1.26. The summed E-state index contributed by atoms with van der Waals surface area (Å²) in [5, 5.41) is 10.8. The summed E-state index contributed by atoms with van der Waals surface area (Å²) in [7, 11) is 1.48. The molecule has 0 fully saturated rings. The van der Waals surface area contributed by atoms with Crippen LogP contribution in [0.1, 0.15) is 21.5 Å². The molecule has 2 aromatic carbocycles. The number of nitrogens with one attached hydrogen (secondary N) is 1. The minimum absolute atomic E-state index is 0.0685. The number of aromatic nitrogens is 2. The van der Waals surface area contributed by atoms with Crippen LogP contribution >= 0.6 is 11.6 Å². The molecule has 1 heterocycles. The van der Waals surface area contributed by atoms with E-state index in [0.717, 1.165) is 12.1 Å². The van der Waals surface area contributed by atoms with Gasteiger partial charge in [-0.1, -0.05) is 29.8 Å². The SMILES string of the molecule is COc1ccc(-c2ccc(C(=O)NCc3ccc(C(F)(F)F)cc3)c(Cl)c2)nn1. The monoisotopic (exact) mass is 421 g/mol. The van der Waals surface area contributed by atoms with Gasteiger partial charge in [0.25, 0.3) is 5.91 Å². The number of methoxy groups -OCH3 is 1. The molecular weight excluding hydrogens is 407 g/mol. The molecular formula is C20H15ClF3N3O2. The van der Waals surface area contributed by atoms with Gasteiger partial charge in [-0.25, -0.2) is 0 Å². The number of nitrogens with zero attached hydrogens (tertiary/aromatic N) is 2. The lowest BCUT2D eigenvalue weighted by Crippen LogP contribution is -2.23. The van der Waals surface area contributed by atoms with Crippen LogP contribution in [0.15, 0.2) is 54.6 Å². The van der Waals surface area contributed by atoms with E-state index in [1.807, 2.05) is 0 Å². The minimum atomic E-state index is -4.40. The first-order valence-corrected chi connectivity index (χ1v) is 8.77. The van der Waals surface area contributed by atoms with E-state index >= 15 is 0 Å². The third kappa shape index (κ3) is 5.03. The standard InChI is InChI=1S/C20H15ClF3N3O2/c1-29-18-9-8-17(26-27-18)13-4-7-15(16(21)10-13)19(28)25-11-12-2-5-14(6-3-12)20(22,23)24/h2-10H,11H2,1H3,(H,25,28). The molecule has 0 aliphatic carbocycles. The van der Waals surface area contributed by atoms with Gasteiger partial charge in [-0.2, -0.15) is 13.2 Å². The first kappa shape index (κ1) is 20.6. The van der Waals surface area contributed by atoms with Crippen molar-refractivity contribution in [1.82, 2.24) is 15.5 Å². The maximum Gasteiger partial charge on any atom is 0.416 e. The third-order valence-electron chi connectivity index (χ3n) is 4.09. The number of amides is 1. The molecule has 0 saturated heterocycles. The second-order valence-electron chi connectivity index (χ2n) is 6.03. The van der Waals surface area contributed by atoms with Crippen molar-refractivity contribution in [3.05, 3.63) is 76.3 Å². The van der Waals surface area contributed by atoms with Gasteiger partial charge in [0.15, 0.2) is 0 Å². The van der Waals surface area contributed by atoms with Crippen LogP contribution in [0.5, 0.6) is 5.88 Å². The second kappa shape index (κ2) is 8.48. The number of hydrogen-bond donors (Lipinski definition) is 1. The smallest absolute Gasteiger partial charge is 0.416 e. The summed E-state index contributed by atoms with van der Waals surface area (Å²) in [5.74, 6) is -0.0682. The molecule has 5 nitrogen and oxygen atoms in total. The summed E-state index contributed by atoms with van der Waals surface area (Å²) in [6, 6.07) is 12.7. The van der Waals surface area contributed by atoms with Crippen molar-refractivity contribution in [3.8, 4) is 17.1 Å². The molecule has 0 bridgehead atoms. The maximum atomic E-state index is 12.6. The number of rotatable bonds is 5. The van der Waals surface area contributed by atoms with Gasteiger partial charge in [-0.3, -0.25) is 4.79 Å². The van der Waals surface area contributed by atoms with Crippen LogP contribution in [0.25, 0.3) is 11.3 Å². The molecule has 1 amide bonds. The lowest BCUT2D eigenvalue weighted by Gasteiger charge is -2.10. The first-order chi connectivity index (χ1) is 13.8. The Morgan fingerprint density at radius 3 is 2.34 bits per heavy atom. The molecule has 1 aromatic heterocycles. The van der Waals surface area contributed by atoms with Crippen LogP contribution in [-0.2, 0) is 12.7 Å². The van der Waals surface area contributed by atoms with Gasteiger partial charge >= 0.3 is 6.18 Å². The molecule has 0 unspecified atom stereocenters. The second-order valence-corrected chi connectivity index (χ2v) is 6.44. The maximum absolute atomic E-state index is 12.6. The molecule has 0 atom stereocenters. The number of alkyl halides is 3. The Kier molecular flexibility index (Phi) is 6.03. The van der Waals surface area contributed by atoms with Gasteiger partial charge < -0.3 is 10.1 Å². The lowest BCUT2D eigenvalue weighted by molar-refractivity contribution is -0.137. The van der Waals surface area contributed by atoms with Crippen molar-refractivity contribution in [3.63, 3.8) is 0 Å². The van der Waals surface area contributed by atoms with E-state index in [4.69, 9.17) is 16.3 Å². The molecule has 0 spiro atoms. The fourth-order valence-electron chi connectivity index (χ4n) is 2.53. The van der Waals surface area contributed by atoms with Gasteiger partial charge in [0.05, 0.1) is 29.0 Å². The Hall–Kier alpha value is -3.13. The summed E-state index contributed by atoms with van der Waals surface area (Å²) >= 11 is 6.23. The Morgan fingerprint density at radius 2 is 1.79 bits per heavy atom. The Bertz CT molecular complexity index is 1010. The number of benzene rings is 2. The number of ether oxygens (including phenoxy) is 1. The largest absolute Gasteiger partial charge is 0.480 e. The van der Waals surface area contributed by atoms with Gasteiger partial charge in [0, 0.05) is 18.2 Å². The fraction of sp³-hybridized carbons (Fsp3) is 0.150. The van der Waals surface area contributed by atoms with E-state index in [0.29, 0.717) is 22.7 Å². The molecule has 1 N–H and O–H groups in total.